The van der Waals surface area contributed by atoms with Gasteiger partial charge in [0.25, 0.3) is 0 Å². The van der Waals surface area contributed by atoms with Crippen molar-refractivity contribution in [2.24, 2.45) is 5.92 Å². The third-order valence-corrected chi connectivity index (χ3v) is 3.08. The molecule has 2 rings (SSSR count). The standard InChI is InChI=1S/C13H15F2NO/c14-11-2-1-10(13(15)7-11)6-12(17)5-9-3-4-16-8-9/h1-2,7,9,16H,3-6,8H2. The van der Waals surface area contributed by atoms with E-state index in [0.717, 1.165) is 25.6 Å². The van der Waals surface area contributed by atoms with Crippen LogP contribution in [0.1, 0.15) is 18.4 Å². The Morgan fingerprint density at radius 2 is 2.24 bits per heavy atom. The monoisotopic (exact) mass is 239 g/mol. The molecule has 1 saturated heterocycles. The van der Waals surface area contributed by atoms with E-state index in [-0.39, 0.29) is 17.8 Å². The molecule has 1 aliphatic heterocycles. The van der Waals surface area contributed by atoms with Crippen molar-refractivity contribution in [2.45, 2.75) is 19.3 Å². The van der Waals surface area contributed by atoms with Crippen molar-refractivity contribution >= 4 is 5.78 Å². The quantitative estimate of drug-likeness (QED) is 0.871. The molecule has 0 saturated carbocycles. The molecule has 1 aliphatic rings. The van der Waals surface area contributed by atoms with E-state index < -0.39 is 11.6 Å². The third kappa shape index (κ3) is 3.33. The van der Waals surface area contributed by atoms with Crippen molar-refractivity contribution in [3.63, 3.8) is 0 Å². The molecule has 0 spiro atoms. The Labute approximate surface area is 99.0 Å². The van der Waals surface area contributed by atoms with E-state index in [1.807, 2.05) is 0 Å². The summed E-state index contributed by atoms with van der Waals surface area (Å²) in [5, 5.41) is 3.18. The number of nitrogens with one attached hydrogen (secondary N) is 1. The number of Topliss-reactive ketones (excluding diaryl/α,β-unsaturated/α-hetero) is 1. The van der Waals surface area contributed by atoms with Gasteiger partial charge in [-0.1, -0.05) is 6.07 Å². The largest absolute Gasteiger partial charge is 0.316 e. The maximum Gasteiger partial charge on any atom is 0.137 e. The second-order valence-corrected chi connectivity index (χ2v) is 4.51. The normalized spacial score (nSPS) is 19.5. The van der Waals surface area contributed by atoms with Gasteiger partial charge in [0, 0.05) is 18.9 Å². The van der Waals surface area contributed by atoms with Crippen molar-refractivity contribution < 1.29 is 13.6 Å². The van der Waals surface area contributed by atoms with Crippen LogP contribution < -0.4 is 5.32 Å². The summed E-state index contributed by atoms with van der Waals surface area (Å²) in [6, 6.07) is 3.35. The lowest BCUT2D eigenvalue weighted by Gasteiger charge is -2.07. The smallest absolute Gasteiger partial charge is 0.137 e. The minimum Gasteiger partial charge on any atom is -0.316 e. The molecular formula is C13H15F2NO. The zero-order chi connectivity index (χ0) is 12.3. The van der Waals surface area contributed by atoms with E-state index in [9.17, 15) is 13.6 Å². The zero-order valence-corrected chi connectivity index (χ0v) is 9.51. The molecule has 1 fully saturated rings. The molecule has 4 heteroatoms. The molecule has 0 bridgehead atoms. The van der Waals surface area contributed by atoms with Crippen molar-refractivity contribution in [1.29, 1.82) is 0 Å². The van der Waals surface area contributed by atoms with Gasteiger partial charge in [0.15, 0.2) is 0 Å². The summed E-state index contributed by atoms with van der Waals surface area (Å²) in [6.07, 6.45) is 1.53. The van der Waals surface area contributed by atoms with Crippen LogP contribution in [0.15, 0.2) is 18.2 Å². The van der Waals surface area contributed by atoms with Crippen LogP contribution in [-0.2, 0) is 11.2 Å². The fraction of sp³-hybridized carbons (Fsp3) is 0.462. The first-order valence-corrected chi connectivity index (χ1v) is 5.81. The Bertz CT molecular complexity index is 414. The molecular weight excluding hydrogens is 224 g/mol. The summed E-state index contributed by atoms with van der Waals surface area (Å²) in [5.74, 6) is -0.864. The summed E-state index contributed by atoms with van der Waals surface area (Å²) in [4.78, 5) is 11.7. The highest BCUT2D eigenvalue weighted by Gasteiger charge is 2.18. The van der Waals surface area contributed by atoms with Crippen LogP contribution in [0, 0.1) is 17.6 Å². The second-order valence-electron chi connectivity index (χ2n) is 4.51. The molecule has 1 N–H and O–H groups in total. The van der Waals surface area contributed by atoms with Gasteiger partial charge in [-0.25, -0.2) is 8.78 Å². The Hall–Kier alpha value is -1.29. The molecule has 1 aromatic rings. The SMILES string of the molecule is O=C(Cc1ccc(F)cc1F)CC1CCNC1. The highest BCUT2D eigenvalue weighted by atomic mass is 19.1. The number of halogens is 2. The Morgan fingerprint density at radius 3 is 2.88 bits per heavy atom. The minimum atomic E-state index is -0.636. The number of hydrogen-bond donors (Lipinski definition) is 1. The lowest BCUT2D eigenvalue weighted by Crippen LogP contribution is -2.14. The zero-order valence-electron chi connectivity index (χ0n) is 9.51. The van der Waals surface area contributed by atoms with E-state index in [1.165, 1.54) is 12.1 Å². The number of rotatable bonds is 4. The lowest BCUT2D eigenvalue weighted by molar-refractivity contribution is -0.119. The fourth-order valence-electron chi connectivity index (χ4n) is 2.16. The van der Waals surface area contributed by atoms with E-state index in [0.29, 0.717) is 12.3 Å². The number of hydrogen-bond acceptors (Lipinski definition) is 2. The molecule has 0 aromatic heterocycles. The first-order valence-electron chi connectivity index (χ1n) is 5.81. The molecule has 0 amide bonds. The molecule has 1 heterocycles. The predicted molar refractivity (Wildman–Crippen MR) is 60.7 cm³/mol. The van der Waals surface area contributed by atoms with E-state index in [1.54, 1.807) is 0 Å². The fourth-order valence-corrected chi connectivity index (χ4v) is 2.16. The van der Waals surface area contributed by atoms with Gasteiger partial charge in [-0.15, -0.1) is 0 Å². The molecule has 0 radical (unpaired) electrons. The molecule has 1 aromatic carbocycles. The number of ketones is 1. The van der Waals surface area contributed by atoms with Crippen LogP contribution in [0.25, 0.3) is 0 Å². The van der Waals surface area contributed by atoms with Gasteiger partial charge in [-0.2, -0.15) is 0 Å². The molecule has 0 aliphatic carbocycles. The maximum atomic E-state index is 13.3. The highest BCUT2D eigenvalue weighted by molar-refractivity contribution is 5.81. The molecule has 92 valence electrons. The second kappa shape index (κ2) is 5.36. The van der Waals surface area contributed by atoms with E-state index >= 15 is 0 Å². The predicted octanol–water partition coefficient (Wildman–Crippen LogP) is 2.08. The summed E-state index contributed by atoms with van der Waals surface area (Å²) >= 11 is 0. The highest BCUT2D eigenvalue weighted by Crippen LogP contribution is 2.16. The van der Waals surface area contributed by atoms with Crippen LogP contribution in [0.2, 0.25) is 0 Å². The van der Waals surface area contributed by atoms with Crippen molar-refractivity contribution in [2.75, 3.05) is 13.1 Å². The van der Waals surface area contributed by atoms with Crippen LogP contribution in [0.5, 0.6) is 0 Å². The van der Waals surface area contributed by atoms with Gasteiger partial charge in [0.1, 0.15) is 17.4 Å². The minimum absolute atomic E-state index is 0.0178. The third-order valence-electron chi connectivity index (χ3n) is 3.08. The van der Waals surface area contributed by atoms with Crippen LogP contribution in [0.4, 0.5) is 8.78 Å². The molecule has 1 atom stereocenters. The summed E-state index contributed by atoms with van der Waals surface area (Å²) in [7, 11) is 0. The van der Waals surface area contributed by atoms with Crippen LogP contribution in [-0.4, -0.2) is 18.9 Å². The lowest BCUT2D eigenvalue weighted by atomic mass is 9.97. The number of carbonyl (C=O) groups is 1. The van der Waals surface area contributed by atoms with Gasteiger partial charge in [0.2, 0.25) is 0 Å². The van der Waals surface area contributed by atoms with E-state index in [4.69, 9.17) is 0 Å². The average molecular weight is 239 g/mol. The average Bonchev–Trinajstić information content (AvgIpc) is 2.75. The first-order chi connectivity index (χ1) is 8.15. The summed E-state index contributed by atoms with van der Waals surface area (Å²) < 4.78 is 26.0. The topological polar surface area (TPSA) is 29.1 Å². The number of carbonyl (C=O) groups excluding carboxylic acids is 1. The summed E-state index contributed by atoms with van der Waals surface area (Å²) in [6.45, 7) is 1.81. The van der Waals surface area contributed by atoms with Crippen molar-refractivity contribution in [3.05, 3.63) is 35.4 Å². The van der Waals surface area contributed by atoms with E-state index in [2.05, 4.69) is 5.32 Å². The van der Waals surface area contributed by atoms with Gasteiger partial charge >= 0.3 is 0 Å². The van der Waals surface area contributed by atoms with Crippen LogP contribution in [0.3, 0.4) is 0 Å². The Kier molecular flexibility index (Phi) is 3.84. The molecule has 2 nitrogen and oxygen atoms in total. The van der Waals surface area contributed by atoms with Crippen molar-refractivity contribution in [3.8, 4) is 0 Å². The van der Waals surface area contributed by atoms with Crippen LogP contribution >= 0.6 is 0 Å². The van der Waals surface area contributed by atoms with Gasteiger partial charge < -0.3 is 5.32 Å². The van der Waals surface area contributed by atoms with Gasteiger partial charge in [-0.05, 0) is 37.1 Å². The first kappa shape index (κ1) is 12.2. The molecule has 1 unspecified atom stereocenters. The Balaban J connectivity index is 1.93. The van der Waals surface area contributed by atoms with Gasteiger partial charge in [-0.3, -0.25) is 4.79 Å². The number of benzene rings is 1. The van der Waals surface area contributed by atoms with Gasteiger partial charge in [0.05, 0.1) is 0 Å². The maximum absolute atomic E-state index is 13.3. The Morgan fingerprint density at radius 1 is 1.41 bits per heavy atom. The van der Waals surface area contributed by atoms with Crippen molar-refractivity contribution in [1.82, 2.24) is 5.32 Å². The molecule has 17 heavy (non-hydrogen) atoms. The summed E-state index contributed by atoms with van der Waals surface area (Å²) in [5.41, 5.74) is 0.280.